The second-order valence-corrected chi connectivity index (χ2v) is 14.6. The standard InChI is InChI=1S/C26H31N3O4Si/c1-5-33-21-9-7-18(8-10-21)25(29-26(32)20-14-24(31)28-16-20)22(30)13-17-6-11-23(34(2,3)4)19(12-17)15-27/h6-12,20,25H,5,13-14,16H2,1-4H3,(H,28,31)(H,29,32). The lowest BCUT2D eigenvalue weighted by Gasteiger charge is -2.21. The minimum atomic E-state index is -1.70. The molecule has 1 fully saturated rings. The Hall–Kier alpha value is -3.44. The lowest BCUT2D eigenvalue weighted by atomic mass is 9.95. The van der Waals surface area contributed by atoms with Crippen molar-refractivity contribution in [3.8, 4) is 11.8 Å². The lowest BCUT2D eigenvalue weighted by Crippen LogP contribution is -2.40. The van der Waals surface area contributed by atoms with Crippen molar-refractivity contribution in [2.24, 2.45) is 5.92 Å². The van der Waals surface area contributed by atoms with Crippen molar-refractivity contribution in [1.29, 1.82) is 5.26 Å². The normalized spacial score (nSPS) is 16.3. The first-order valence-electron chi connectivity index (χ1n) is 11.5. The largest absolute Gasteiger partial charge is 0.494 e. The summed E-state index contributed by atoms with van der Waals surface area (Å²) in [5, 5.41) is 16.2. The molecule has 1 aliphatic heterocycles. The number of carbonyl (C=O) groups excluding carboxylic acids is 3. The molecule has 0 bridgehead atoms. The monoisotopic (exact) mass is 477 g/mol. The molecule has 0 aromatic heterocycles. The van der Waals surface area contributed by atoms with Crippen LogP contribution in [0.2, 0.25) is 19.6 Å². The SMILES string of the molecule is CCOc1ccc(C(NC(=O)C2CNC(=O)C2)C(=O)Cc2ccc([Si](C)(C)C)c(C#N)c2)cc1. The Morgan fingerprint density at radius 2 is 1.91 bits per heavy atom. The molecule has 8 heteroatoms. The quantitative estimate of drug-likeness (QED) is 0.540. The molecule has 3 rings (SSSR count). The van der Waals surface area contributed by atoms with E-state index in [4.69, 9.17) is 4.74 Å². The van der Waals surface area contributed by atoms with Crippen molar-refractivity contribution in [1.82, 2.24) is 10.6 Å². The lowest BCUT2D eigenvalue weighted by molar-refractivity contribution is -0.130. The van der Waals surface area contributed by atoms with E-state index in [1.165, 1.54) is 0 Å². The van der Waals surface area contributed by atoms with Gasteiger partial charge in [-0.3, -0.25) is 14.4 Å². The van der Waals surface area contributed by atoms with Gasteiger partial charge in [0.15, 0.2) is 5.78 Å². The Kier molecular flexibility index (Phi) is 7.89. The van der Waals surface area contributed by atoms with Crippen LogP contribution in [0.3, 0.4) is 0 Å². The van der Waals surface area contributed by atoms with Crippen LogP contribution in [-0.4, -0.2) is 38.8 Å². The van der Waals surface area contributed by atoms with Gasteiger partial charge in [-0.05, 0) is 41.4 Å². The molecule has 2 atom stereocenters. The zero-order chi connectivity index (χ0) is 24.9. The van der Waals surface area contributed by atoms with Gasteiger partial charge in [-0.25, -0.2) is 0 Å². The van der Waals surface area contributed by atoms with Crippen molar-refractivity contribution in [2.45, 2.75) is 45.4 Å². The van der Waals surface area contributed by atoms with E-state index in [-0.39, 0.29) is 37.0 Å². The zero-order valence-corrected chi connectivity index (χ0v) is 21.1. The van der Waals surface area contributed by atoms with Crippen LogP contribution in [0.4, 0.5) is 0 Å². The van der Waals surface area contributed by atoms with E-state index in [2.05, 4.69) is 36.3 Å². The molecule has 0 aliphatic carbocycles. The summed E-state index contributed by atoms with van der Waals surface area (Å²) in [6.45, 7) is 9.20. The summed E-state index contributed by atoms with van der Waals surface area (Å²) < 4.78 is 5.49. The predicted molar refractivity (Wildman–Crippen MR) is 132 cm³/mol. The Balaban J connectivity index is 1.86. The van der Waals surface area contributed by atoms with Crippen LogP contribution < -0.4 is 20.6 Å². The van der Waals surface area contributed by atoms with Crippen LogP contribution in [0.1, 0.15) is 36.1 Å². The molecule has 0 saturated carbocycles. The highest BCUT2D eigenvalue weighted by atomic mass is 28.3. The third-order valence-corrected chi connectivity index (χ3v) is 7.92. The highest BCUT2D eigenvalue weighted by Gasteiger charge is 2.32. The number of hydrogen-bond acceptors (Lipinski definition) is 5. The summed E-state index contributed by atoms with van der Waals surface area (Å²) in [5.74, 6) is -0.533. The number of nitrogens with one attached hydrogen (secondary N) is 2. The van der Waals surface area contributed by atoms with Crippen LogP contribution in [0.5, 0.6) is 5.75 Å². The Labute approximate surface area is 201 Å². The van der Waals surface area contributed by atoms with Crippen LogP contribution in [-0.2, 0) is 20.8 Å². The number of nitriles is 1. The summed E-state index contributed by atoms with van der Waals surface area (Å²) >= 11 is 0. The average molecular weight is 478 g/mol. The molecule has 2 aromatic carbocycles. The van der Waals surface area contributed by atoms with E-state index in [1.807, 2.05) is 19.1 Å². The van der Waals surface area contributed by atoms with Gasteiger partial charge in [-0.1, -0.05) is 43.9 Å². The number of rotatable bonds is 9. The highest BCUT2D eigenvalue weighted by Crippen LogP contribution is 2.22. The van der Waals surface area contributed by atoms with Gasteiger partial charge in [0.05, 0.1) is 32.2 Å². The van der Waals surface area contributed by atoms with Gasteiger partial charge in [0.25, 0.3) is 0 Å². The summed E-state index contributed by atoms with van der Waals surface area (Å²) in [5.41, 5.74) is 1.96. The second-order valence-electron chi connectivity index (χ2n) is 9.53. The smallest absolute Gasteiger partial charge is 0.226 e. The van der Waals surface area contributed by atoms with Crippen molar-refractivity contribution in [3.05, 3.63) is 59.2 Å². The molecular formula is C26H31N3O4Si. The van der Waals surface area contributed by atoms with E-state index >= 15 is 0 Å². The fourth-order valence-electron chi connectivity index (χ4n) is 4.07. The van der Waals surface area contributed by atoms with Crippen LogP contribution in [0.15, 0.2) is 42.5 Å². The first-order chi connectivity index (χ1) is 16.1. The maximum Gasteiger partial charge on any atom is 0.226 e. The number of carbonyl (C=O) groups is 3. The van der Waals surface area contributed by atoms with Crippen LogP contribution in [0.25, 0.3) is 0 Å². The predicted octanol–water partition coefficient (Wildman–Crippen LogP) is 2.61. The molecule has 1 heterocycles. The van der Waals surface area contributed by atoms with Gasteiger partial charge < -0.3 is 15.4 Å². The third kappa shape index (κ3) is 6.11. The zero-order valence-electron chi connectivity index (χ0n) is 20.1. The molecule has 34 heavy (non-hydrogen) atoms. The van der Waals surface area contributed by atoms with E-state index in [1.54, 1.807) is 30.3 Å². The van der Waals surface area contributed by atoms with Gasteiger partial charge in [-0.15, -0.1) is 0 Å². The van der Waals surface area contributed by atoms with Gasteiger partial charge in [0, 0.05) is 19.4 Å². The van der Waals surface area contributed by atoms with Crippen molar-refractivity contribution < 1.29 is 19.1 Å². The first-order valence-corrected chi connectivity index (χ1v) is 15.0. The minimum absolute atomic E-state index is 0.0701. The minimum Gasteiger partial charge on any atom is -0.494 e. The third-order valence-electron chi connectivity index (χ3n) is 5.87. The van der Waals surface area contributed by atoms with Crippen LogP contribution >= 0.6 is 0 Å². The fourth-order valence-corrected chi connectivity index (χ4v) is 5.59. The van der Waals surface area contributed by atoms with Gasteiger partial charge in [-0.2, -0.15) is 5.26 Å². The molecule has 2 amide bonds. The molecular weight excluding hydrogens is 446 g/mol. The molecule has 1 aliphatic rings. The Morgan fingerprint density at radius 3 is 2.47 bits per heavy atom. The highest BCUT2D eigenvalue weighted by molar-refractivity contribution is 6.89. The average Bonchev–Trinajstić information content (AvgIpc) is 3.23. The number of benzene rings is 2. The maximum absolute atomic E-state index is 13.4. The van der Waals surface area contributed by atoms with E-state index in [9.17, 15) is 19.6 Å². The number of nitrogens with zero attached hydrogens (tertiary/aromatic N) is 1. The molecule has 2 N–H and O–H groups in total. The number of hydrogen-bond donors (Lipinski definition) is 2. The molecule has 2 unspecified atom stereocenters. The van der Waals surface area contributed by atoms with Crippen LogP contribution in [0, 0.1) is 17.2 Å². The number of ether oxygens (including phenoxy) is 1. The summed E-state index contributed by atoms with van der Waals surface area (Å²) in [6, 6.07) is 14.1. The van der Waals surface area contributed by atoms with Gasteiger partial charge in [0.1, 0.15) is 11.8 Å². The second kappa shape index (κ2) is 10.7. The van der Waals surface area contributed by atoms with E-state index in [0.717, 1.165) is 10.8 Å². The number of amides is 2. The van der Waals surface area contributed by atoms with Gasteiger partial charge in [0.2, 0.25) is 11.8 Å². The summed E-state index contributed by atoms with van der Waals surface area (Å²) in [7, 11) is -1.70. The topological polar surface area (TPSA) is 108 Å². The fraction of sp³-hybridized carbons (Fsp3) is 0.385. The van der Waals surface area contributed by atoms with Gasteiger partial charge >= 0.3 is 0 Å². The van der Waals surface area contributed by atoms with Crippen molar-refractivity contribution >= 4 is 30.9 Å². The summed E-state index contributed by atoms with van der Waals surface area (Å²) in [6.07, 6.45) is 0.181. The molecule has 0 radical (unpaired) electrons. The molecule has 1 saturated heterocycles. The Bertz CT molecular complexity index is 1120. The molecule has 7 nitrogen and oxygen atoms in total. The van der Waals surface area contributed by atoms with Crippen molar-refractivity contribution in [2.75, 3.05) is 13.2 Å². The van der Waals surface area contributed by atoms with Crippen molar-refractivity contribution in [3.63, 3.8) is 0 Å². The maximum atomic E-state index is 13.4. The van der Waals surface area contributed by atoms with E-state index < -0.39 is 20.0 Å². The van der Waals surface area contributed by atoms with E-state index in [0.29, 0.717) is 23.5 Å². The molecule has 2 aromatic rings. The Morgan fingerprint density at radius 1 is 1.21 bits per heavy atom. The number of Topliss-reactive ketones (excluding diaryl/α,β-unsaturated/α-hetero) is 1. The number of ketones is 1. The summed E-state index contributed by atoms with van der Waals surface area (Å²) in [4.78, 5) is 37.8. The molecule has 178 valence electrons. The first kappa shape index (κ1) is 25.2. The molecule has 0 spiro atoms.